The van der Waals surface area contributed by atoms with Crippen molar-refractivity contribution in [1.29, 1.82) is 0 Å². The standard InChI is InChI=1S/C9H12N4OS/c1-2-6-3-11-8(14-6)5-13-9-12-4-7(10)15-9/h3-4H,2,5,10H2,1H3,(H,12,13). The van der Waals surface area contributed by atoms with Gasteiger partial charge >= 0.3 is 0 Å². The summed E-state index contributed by atoms with van der Waals surface area (Å²) in [7, 11) is 0. The summed E-state index contributed by atoms with van der Waals surface area (Å²) in [6, 6.07) is 0. The lowest BCUT2D eigenvalue weighted by molar-refractivity contribution is 0.466. The minimum absolute atomic E-state index is 0.535. The van der Waals surface area contributed by atoms with Crippen LogP contribution in [-0.2, 0) is 13.0 Å². The molecule has 0 amide bonds. The van der Waals surface area contributed by atoms with E-state index >= 15 is 0 Å². The Labute approximate surface area is 91.3 Å². The summed E-state index contributed by atoms with van der Waals surface area (Å²) in [5.41, 5.74) is 5.55. The molecule has 2 rings (SSSR count). The minimum atomic E-state index is 0.535. The average molecular weight is 224 g/mol. The van der Waals surface area contributed by atoms with Crippen LogP contribution in [0, 0.1) is 0 Å². The fraction of sp³-hybridized carbons (Fsp3) is 0.333. The number of aryl methyl sites for hydroxylation is 1. The summed E-state index contributed by atoms with van der Waals surface area (Å²) in [6.45, 7) is 2.56. The fourth-order valence-electron chi connectivity index (χ4n) is 1.11. The maximum absolute atomic E-state index is 5.55. The number of hydrogen-bond acceptors (Lipinski definition) is 6. The van der Waals surface area contributed by atoms with Crippen LogP contribution < -0.4 is 11.1 Å². The lowest BCUT2D eigenvalue weighted by Crippen LogP contribution is -1.98. The minimum Gasteiger partial charge on any atom is -0.444 e. The van der Waals surface area contributed by atoms with Crippen LogP contribution in [0.2, 0.25) is 0 Å². The van der Waals surface area contributed by atoms with Gasteiger partial charge in [0.2, 0.25) is 5.89 Å². The molecule has 0 saturated carbocycles. The smallest absolute Gasteiger partial charge is 0.213 e. The first kappa shape index (κ1) is 9.97. The van der Waals surface area contributed by atoms with Crippen LogP contribution in [0.3, 0.4) is 0 Å². The predicted octanol–water partition coefficient (Wildman–Crippen LogP) is 1.89. The van der Waals surface area contributed by atoms with Crippen LogP contribution in [0.1, 0.15) is 18.6 Å². The number of oxazole rings is 1. The van der Waals surface area contributed by atoms with Crippen molar-refractivity contribution in [2.75, 3.05) is 11.1 Å². The molecule has 0 spiro atoms. The maximum Gasteiger partial charge on any atom is 0.213 e. The van der Waals surface area contributed by atoms with Crippen LogP contribution in [0.5, 0.6) is 0 Å². The summed E-state index contributed by atoms with van der Waals surface area (Å²) in [5, 5.41) is 4.57. The highest BCUT2D eigenvalue weighted by atomic mass is 32.1. The van der Waals surface area contributed by atoms with Crippen LogP contribution in [-0.4, -0.2) is 9.97 Å². The van der Waals surface area contributed by atoms with Crippen molar-refractivity contribution in [3.63, 3.8) is 0 Å². The van der Waals surface area contributed by atoms with Gasteiger partial charge in [0.25, 0.3) is 0 Å². The molecule has 3 N–H and O–H groups in total. The zero-order valence-electron chi connectivity index (χ0n) is 8.36. The van der Waals surface area contributed by atoms with Gasteiger partial charge in [0.15, 0.2) is 5.13 Å². The molecular formula is C9H12N4OS. The first-order valence-electron chi connectivity index (χ1n) is 4.66. The highest BCUT2D eigenvalue weighted by Crippen LogP contribution is 2.20. The second kappa shape index (κ2) is 4.31. The van der Waals surface area contributed by atoms with Crippen molar-refractivity contribution in [2.24, 2.45) is 0 Å². The molecule has 0 aliphatic rings. The molecule has 2 aromatic heterocycles. The SMILES string of the molecule is CCc1cnc(CNc2ncc(N)s2)o1. The number of hydrogen-bond donors (Lipinski definition) is 2. The second-order valence-electron chi connectivity index (χ2n) is 3.00. The van der Waals surface area contributed by atoms with E-state index in [0.29, 0.717) is 17.4 Å². The number of rotatable bonds is 4. The van der Waals surface area contributed by atoms with E-state index in [2.05, 4.69) is 15.3 Å². The zero-order valence-corrected chi connectivity index (χ0v) is 9.17. The van der Waals surface area contributed by atoms with Crippen LogP contribution >= 0.6 is 11.3 Å². The number of nitrogens with zero attached hydrogens (tertiary/aromatic N) is 2. The van der Waals surface area contributed by atoms with E-state index in [1.807, 2.05) is 6.92 Å². The zero-order chi connectivity index (χ0) is 10.7. The second-order valence-corrected chi connectivity index (χ2v) is 4.06. The maximum atomic E-state index is 5.55. The van der Waals surface area contributed by atoms with Gasteiger partial charge in [-0.25, -0.2) is 9.97 Å². The number of aromatic nitrogens is 2. The molecule has 0 bridgehead atoms. The van der Waals surface area contributed by atoms with Crippen LogP contribution in [0.4, 0.5) is 10.1 Å². The summed E-state index contributed by atoms with van der Waals surface area (Å²) in [6.07, 6.45) is 4.23. The largest absolute Gasteiger partial charge is 0.444 e. The van der Waals surface area contributed by atoms with Gasteiger partial charge in [0.05, 0.1) is 18.9 Å². The summed E-state index contributed by atoms with van der Waals surface area (Å²) >= 11 is 1.41. The molecule has 0 unspecified atom stereocenters. The van der Waals surface area contributed by atoms with Crippen molar-refractivity contribution >= 4 is 21.5 Å². The van der Waals surface area contributed by atoms with Crippen molar-refractivity contribution in [1.82, 2.24) is 9.97 Å². The van der Waals surface area contributed by atoms with Crippen molar-refractivity contribution < 1.29 is 4.42 Å². The van der Waals surface area contributed by atoms with Crippen molar-refractivity contribution in [2.45, 2.75) is 19.9 Å². The number of nitrogens with two attached hydrogens (primary N) is 1. The Hall–Kier alpha value is -1.56. The van der Waals surface area contributed by atoms with E-state index in [4.69, 9.17) is 10.2 Å². The number of anilines is 2. The molecule has 0 aliphatic carbocycles. The topological polar surface area (TPSA) is 77.0 Å². The molecule has 0 aliphatic heterocycles. The van der Waals surface area contributed by atoms with E-state index in [9.17, 15) is 0 Å². The Bertz CT molecular complexity index is 437. The van der Waals surface area contributed by atoms with Crippen molar-refractivity contribution in [3.05, 3.63) is 24.0 Å². The van der Waals surface area contributed by atoms with Gasteiger partial charge in [-0.1, -0.05) is 18.3 Å². The first-order valence-corrected chi connectivity index (χ1v) is 5.48. The number of nitrogen functional groups attached to an aromatic ring is 1. The Balaban J connectivity index is 1.93. The predicted molar refractivity (Wildman–Crippen MR) is 59.7 cm³/mol. The Morgan fingerprint density at radius 2 is 2.33 bits per heavy atom. The van der Waals surface area contributed by atoms with Crippen LogP contribution in [0.25, 0.3) is 0 Å². The Morgan fingerprint density at radius 1 is 1.47 bits per heavy atom. The third kappa shape index (κ3) is 2.47. The average Bonchev–Trinajstić information content (AvgIpc) is 2.83. The molecule has 80 valence electrons. The van der Waals surface area contributed by atoms with Gasteiger partial charge in [-0.2, -0.15) is 0 Å². The monoisotopic (exact) mass is 224 g/mol. The van der Waals surface area contributed by atoms with E-state index < -0.39 is 0 Å². The third-order valence-electron chi connectivity index (χ3n) is 1.86. The number of nitrogens with one attached hydrogen (secondary N) is 1. The van der Waals surface area contributed by atoms with E-state index in [-0.39, 0.29) is 0 Å². The van der Waals surface area contributed by atoms with Gasteiger partial charge in [-0.05, 0) is 0 Å². The normalized spacial score (nSPS) is 10.5. The van der Waals surface area contributed by atoms with Gasteiger partial charge in [-0.3, -0.25) is 0 Å². The Morgan fingerprint density at radius 3 is 2.93 bits per heavy atom. The number of thiazole rings is 1. The van der Waals surface area contributed by atoms with E-state index in [0.717, 1.165) is 17.3 Å². The van der Waals surface area contributed by atoms with Crippen LogP contribution in [0.15, 0.2) is 16.8 Å². The quantitative estimate of drug-likeness (QED) is 0.829. The highest BCUT2D eigenvalue weighted by Gasteiger charge is 2.03. The van der Waals surface area contributed by atoms with E-state index in [1.165, 1.54) is 11.3 Å². The molecular weight excluding hydrogens is 212 g/mol. The molecule has 0 atom stereocenters. The van der Waals surface area contributed by atoms with Gasteiger partial charge in [0.1, 0.15) is 10.8 Å². The summed E-state index contributed by atoms with van der Waals surface area (Å²) < 4.78 is 5.43. The van der Waals surface area contributed by atoms with Crippen molar-refractivity contribution in [3.8, 4) is 0 Å². The molecule has 2 aromatic rings. The lowest BCUT2D eigenvalue weighted by atomic mass is 10.4. The third-order valence-corrected chi connectivity index (χ3v) is 2.65. The van der Waals surface area contributed by atoms with Gasteiger partial charge < -0.3 is 15.5 Å². The fourth-order valence-corrected chi connectivity index (χ4v) is 1.69. The Kier molecular flexibility index (Phi) is 2.86. The molecule has 6 heteroatoms. The lowest BCUT2D eigenvalue weighted by Gasteiger charge is -1.96. The van der Waals surface area contributed by atoms with E-state index in [1.54, 1.807) is 12.4 Å². The highest BCUT2D eigenvalue weighted by molar-refractivity contribution is 7.19. The molecule has 0 fully saturated rings. The molecule has 0 aromatic carbocycles. The first-order chi connectivity index (χ1) is 7.28. The summed E-state index contributed by atoms with van der Waals surface area (Å²) in [5.74, 6) is 1.56. The van der Waals surface area contributed by atoms with Gasteiger partial charge in [0, 0.05) is 6.42 Å². The molecule has 5 nitrogen and oxygen atoms in total. The van der Waals surface area contributed by atoms with Gasteiger partial charge in [-0.15, -0.1) is 0 Å². The summed E-state index contributed by atoms with van der Waals surface area (Å²) in [4.78, 5) is 8.20. The molecule has 0 saturated heterocycles. The molecule has 2 heterocycles. The molecule has 15 heavy (non-hydrogen) atoms. The molecule has 0 radical (unpaired) electrons.